The van der Waals surface area contributed by atoms with Gasteiger partial charge >= 0.3 is 37.7 Å². The van der Waals surface area contributed by atoms with Gasteiger partial charge < -0.3 is 10.6 Å². The van der Waals surface area contributed by atoms with Crippen LogP contribution in [0.25, 0.3) is 10.6 Å². The van der Waals surface area contributed by atoms with Crippen molar-refractivity contribution < 1.29 is 37.7 Å². The van der Waals surface area contributed by atoms with Crippen LogP contribution in [0.5, 0.6) is 0 Å². The molecule has 0 bridgehead atoms. The van der Waals surface area contributed by atoms with E-state index >= 15 is 0 Å². The minimum Gasteiger partial charge on any atom is -0.661 e. The van der Waals surface area contributed by atoms with E-state index in [1.54, 1.807) is 0 Å². The standard InChI is InChI=1S/C10H20N2.2Li/c1-3-11-9-7-5-6-8-10(9)12-4-2;;/h9-10H,3-8H2,1-2H3;;/q-2;2*+1. The zero-order valence-corrected chi connectivity index (χ0v) is 10.3. The van der Waals surface area contributed by atoms with Crippen molar-refractivity contribution in [2.45, 2.75) is 51.6 Å². The van der Waals surface area contributed by atoms with Gasteiger partial charge in [-0.1, -0.05) is 39.5 Å². The fourth-order valence-electron chi connectivity index (χ4n) is 1.99. The Morgan fingerprint density at radius 2 is 1.21 bits per heavy atom. The van der Waals surface area contributed by atoms with Gasteiger partial charge in [0.1, 0.15) is 0 Å². The van der Waals surface area contributed by atoms with Crippen molar-refractivity contribution in [3.8, 4) is 0 Å². The number of hydrogen-bond acceptors (Lipinski definition) is 0. The minimum absolute atomic E-state index is 0. The van der Waals surface area contributed by atoms with Crippen molar-refractivity contribution in [2.24, 2.45) is 0 Å². The molecule has 0 aliphatic heterocycles. The molecule has 1 rings (SSSR count). The normalized spacial score (nSPS) is 26.1. The smallest absolute Gasteiger partial charge is 0.661 e. The second kappa shape index (κ2) is 10.6. The fourth-order valence-corrected chi connectivity index (χ4v) is 1.99. The monoisotopic (exact) mass is 182 g/mol. The molecule has 2 atom stereocenters. The molecule has 0 aromatic carbocycles. The summed E-state index contributed by atoms with van der Waals surface area (Å²) in [5.74, 6) is 0. The largest absolute Gasteiger partial charge is 1.00 e. The maximum Gasteiger partial charge on any atom is 1.00 e. The van der Waals surface area contributed by atoms with Crippen LogP contribution in [-0.4, -0.2) is 25.2 Å². The average molecular weight is 182 g/mol. The van der Waals surface area contributed by atoms with E-state index in [9.17, 15) is 0 Å². The molecule has 2 nitrogen and oxygen atoms in total. The quantitative estimate of drug-likeness (QED) is 0.417. The zero-order chi connectivity index (χ0) is 8.81. The topological polar surface area (TPSA) is 28.2 Å². The molecule has 0 radical (unpaired) electrons. The van der Waals surface area contributed by atoms with E-state index in [-0.39, 0.29) is 37.7 Å². The third-order valence-corrected chi connectivity index (χ3v) is 2.53. The molecular formula is C10H20Li2N2. The summed E-state index contributed by atoms with van der Waals surface area (Å²) in [4.78, 5) is 0. The molecule has 72 valence electrons. The van der Waals surface area contributed by atoms with Crippen LogP contribution in [0.15, 0.2) is 0 Å². The summed E-state index contributed by atoms with van der Waals surface area (Å²) < 4.78 is 0. The van der Waals surface area contributed by atoms with E-state index in [0.717, 1.165) is 13.1 Å². The second-order valence-corrected chi connectivity index (χ2v) is 3.42. The molecule has 0 heterocycles. The molecule has 4 heteroatoms. The summed E-state index contributed by atoms with van der Waals surface area (Å²) in [5.41, 5.74) is 0. The first-order valence-electron chi connectivity index (χ1n) is 5.21. The molecule has 0 N–H and O–H groups in total. The van der Waals surface area contributed by atoms with Crippen molar-refractivity contribution >= 4 is 0 Å². The van der Waals surface area contributed by atoms with Gasteiger partial charge in [-0.25, -0.2) is 0 Å². The van der Waals surface area contributed by atoms with Crippen LogP contribution < -0.4 is 37.7 Å². The SMILES string of the molecule is CC[N-]C1CCCCC1[N-]CC.[Li+].[Li+]. The van der Waals surface area contributed by atoms with Crippen LogP contribution in [0, 0.1) is 0 Å². The Kier molecular flexibility index (Phi) is 13.3. The Labute approximate surface area is 113 Å². The van der Waals surface area contributed by atoms with Gasteiger partial charge in [0.2, 0.25) is 0 Å². The Bertz CT molecular complexity index is 105. The maximum absolute atomic E-state index is 4.59. The van der Waals surface area contributed by atoms with Crippen LogP contribution in [0.4, 0.5) is 0 Å². The van der Waals surface area contributed by atoms with E-state index in [0.29, 0.717) is 12.1 Å². The first kappa shape index (κ1) is 17.5. The van der Waals surface area contributed by atoms with Crippen molar-refractivity contribution in [1.82, 2.24) is 0 Å². The Hall–Kier alpha value is 1.11. The molecule has 0 spiro atoms. The van der Waals surface area contributed by atoms with E-state index < -0.39 is 0 Å². The van der Waals surface area contributed by atoms with Gasteiger partial charge in [0.25, 0.3) is 0 Å². The molecule has 14 heavy (non-hydrogen) atoms. The molecule has 1 fully saturated rings. The van der Waals surface area contributed by atoms with Gasteiger partial charge in [0.15, 0.2) is 0 Å². The van der Waals surface area contributed by atoms with Gasteiger partial charge in [-0.15, -0.1) is 0 Å². The van der Waals surface area contributed by atoms with Crippen molar-refractivity contribution in [3.05, 3.63) is 10.6 Å². The first-order valence-corrected chi connectivity index (χ1v) is 5.21. The third-order valence-electron chi connectivity index (χ3n) is 2.53. The predicted octanol–water partition coefficient (Wildman–Crippen LogP) is -2.91. The Morgan fingerprint density at radius 3 is 1.50 bits per heavy atom. The third kappa shape index (κ3) is 5.87. The molecule has 0 saturated heterocycles. The van der Waals surface area contributed by atoms with E-state index in [2.05, 4.69) is 24.5 Å². The summed E-state index contributed by atoms with van der Waals surface area (Å²) >= 11 is 0. The maximum atomic E-state index is 4.59. The Morgan fingerprint density at radius 1 is 0.857 bits per heavy atom. The number of hydrogen-bond donors (Lipinski definition) is 0. The van der Waals surface area contributed by atoms with Crippen LogP contribution in [0.2, 0.25) is 0 Å². The average Bonchev–Trinajstić information content (AvgIpc) is 2.09. The number of rotatable bonds is 4. The van der Waals surface area contributed by atoms with Gasteiger partial charge in [0, 0.05) is 0 Å². The van der Waals surface area contributed by atoms with E-state index in [1.807, 2.05) is 0 Å². The molecule has 1 aliphatic carbocycles. The molecule has 0 amide bonds. The van der Waals surface area contributed by atoms with Crippen molar-refractivity contribution in [2.75, 3.05) is 13.1 Å². The van der Waals surface area contributed by atoms with Gasteiger partial charge in [-0.2, -0.15) is 25.2 Å². The summed E-state index contributed by atoms with van der Waals surface area (Å²) in [6, 6.07) is 1.09. The second-order valence-electron chi connectivity index (χ2n) is 3.42. The van der Waals surface area contributed by atoms with Crippen LogP contribution >= 0.6 is 0 Å². The molecular weight excluding hydrogens is 162 g/mol. The number of nitrogens with zero attached hydrogens (tertiary/aromatic N) is 2. The van der Waals surface area contributed by atoms with Crippen LogP contribution in [0.1, 0.15) is 39.5 Å². The summed E-state index contributed by atoms with van der Waals surface area (Å²) in [5, 5.41) is 9.18. The van der Waals surface area contributed by atoms with E-state index in [4.69, 9.17) is 0 Å². The van der Waals surface area contributed by atoms with E-state index in [1.165, 1.54) is 25.7 Å². The van der Waals surface area contributed by atoms with Gasteiger partial charge in [0.05, 0.1) is 0 Å². The molecule has 2 unspecified atom stereocenters. The number of likely N-dealkylation sites (N-methyl/N-ethyl adjacent to an activating group) is 2. The van der Waals surface area contributed by atoms with Crippen molar-refractivity contribution in [1.29, 1.82) is 0 Å². The fraction of sp³-hybridized carbons (Fsp3) is 1.00. The molecule has 0 aromatic heterocycles. The summed E-state index contributed by atoms with van der Waals surface area (Å²) in [7, 11) is 0. The van der Waals surface area contributed by atoms with Crippen molar-refractivity contribution in [3.63, 3.8) is 0 Å². The zero-order valence-electron chi connectivity index (χ0n) is 10.3. The molecule has 1 saturated carbocycles. The Balaban J connectivity index is 0. The van der Waals surface area contributed by atoms with Gasteiger partial charge in [-0.05, 0) is 0 Å². The molecule has 1 aliphatic rings. The minimum atomic E-state index is 0. The summed E-state index contributed by atoms with van der Waals surface area (Å²) in [6.45, 7) is 6.16. The first-order chi connectivity index (χ1) is 5.88. The predicted molar refractivity (Wildman–Crippen MR) is 53.8 cm³/mol. The van der Waals surface area contributed by atoms with Gasteiger partial charge in [-0.3, -0.25) is 0 Å². The van der Waals surface area contributed by atoms with Crippen LogP contribution in [0.3, 0.4) is 0 Å². The van der Waals surface area contributed by atoms with Crippen LogP contribution in [-0.2, 0) is 0 Å². The molecule has 0 aromatic rings. The summed E-state index contributed by atoms with van der Waals surface area (Å²) in [6.07, 6.45) is 5.23.